The minimum Gasteiger partial charge on any atom is -0.490 e. The van der Waals surface area contributed by atoms with Crippen molar-refractivity contribution in [2.75, 3.05) is 11.9 Å². The third-order valence-electron chi connectivity index (χ3n) is 4.34. The van der Waals surface area contributed by atoms with Gasteiger partial charge in [0.25, 0.3) is 0 Å². The Bertz CT molecular complexity index is 977. The minimum atomic E-state index is -0.261. The zero-order valence-corrected chi connectivity index (χ0v) is 19.4. The van der Waals surface area contributed by atoms with Crippen LogP contribution in [0, 0.1) is 12.7 Å². The van der Waals surface area contributed by atoms with E-state index in [9.17, 15) is 4.39 Å². The zero-order chi connectivity index (χ0) is 20.8. The lowest BCUT2D eigenvalue weighted by atomic mass is 10.1. The van der Waals surface area contributed by atoms with E-state index < -0.39 is 0 Å². The first-order chi connectivity index (χ1) is 14.0. The summed E-state index contributed by atoms with van der Waals surface area (Å²) in [6.07, 6.45) is 0. The second-order valence-corrected chi connectivity index (χ2v) is 8.34. The Balaban J connectivity index is 1.75. The highest BCUT2D eigenvalue weighted by atomic mass is 79.9. The van der Waals surface area contributed by atoms with Gasteiger partial charge in [-0.2, -0.15) is 0 Å². The van der Waals surface area contributed by atoms with E-state index in [0.717, 1.165) is 25.8 Å². The first-order valence-electron chi connectivity index (χ1n) is 9.28. The maximum Gasteiger partial charge on any atom is 0.175 e. The Labute approximate surface area is 187 Å². The van der Waals surface area contributed by atoms with Crippen LogP contribution in [0.15, 0.2) is 63.5 Å². The standard InChI is InChI=1S/C23H22Br2FNO2/c1-3-28-22-12-17(13-27-21-9-6-18(24)10-15(21)2)11-20(25)23(22)29-14-16-4-7-19(26)8-5-16/h4-12,27H,3,13-14H2,1-2H3. The van der Waals surface area contributed by atoms with Crippen LogP contribution in [0.25, 0.3) is 0 Å². The van der Waals surface area contributed by atoms with Crippen molar-refractivity contribution >= 4 is 37.5 Å². The van der Waals surface area contributed by atoms with Crippen molar-refractivity contribution in [1.82, 2.24) is 0 Å². The van der Waals surface area contributed by atoms with Gasteiger partial charge in [-0.3, -0.25) is 0 Å². The van der Waals surface area contributed by atoms with Gasteiger partial charge >= 0.3 is 0 Å². The van der Waals surface area contributed by atoms with Gasteiger partial charge in [-0.1, -0.05) is 28.1 Å². The summed E-state index contributed by atoms with van der Waals surface area (Å²) in [4.78, 5) is 0. The normalized spacial score (nSPS) is 10.7. The molecule has 0 atom stereocenters. The highest BCUT2D eigenvalue weighted by molar-refractivity contribution is 9.10. The SMILES string of the molecule is CCOc1cc(CNc2ccc(Br)cc2C)cc(Br)c1OCc1ccc(F)cc1. The molecule has 0 saturated heterocycles. The molecule has 0 fully saturated rings. The quantitative estimate of drug-likeness (QED) is 0.338. The second kappa shape index (κ2) is 10.1. The van der Waals surface area contributed by atoms with Crippen LogP contribution in [-0.4, -0.2) is 6.61 Å². The maximum absolute atomic E-state index is 13.1. The van der Waals surface area contributed by atoms with Gasteiger partial charge in [0.1, 0.15) is 12.4 Å². The number of halogens is 3. The predicted molar refractivity (Wildman–Crippen MR) is 122 cm³/mol. The van der Waals surface area contributed by atoms with Crippen LogP contribution < -0.4 is 14.8 Å². The molecule has 29 heavy (non-hydrogen) atoms. The molecule has 0 unspecified atom stereocenters. The average molecular weight is 523 g/mol. The Hall–Kier alpha value is -2.05. The van der Waals surface area contributed by atoms with E-state index in [1.54, 1.807) is 12.1 Å². The Morgan fingerprint density at radius 2 is 1.69 bits per heavy atom. The van der Waals surface area contributed by atoms with Crippen LogP contribution in [0.5, 0.6) is 11.5 Å². The molecule has 3 aromatic carbocycles. The predicted octanol–water partition coefficient (Wildman–Crippen LogP) is 7.25. The smallest absolute Gasteiger partial charge is 0.175 e. The summed E-state index contributed by atoms with van der Waals surface area (Å²) >= 11 is 7.09. The first kappa shape index (κ1) is 21.7. The summed E-state index contributed by atoms with van der Waals surface area (Å²) in [6, 6.07) is 16.4. The number of anilines is 1. The van der Waals surface area contributed by atoms with Gasteiger partial charge in [-0.15, -0.1) is 0 Å². The van der Waals surface area contributed by atoms with Gasteiger partial charge in [0.15, 0.2) is 11.5 Å². The highest BCUT2D eigenvalue weighted by Gasteiger charge is 2.13. The molecule has 0 bridgehead atoms. The van der Waals surface area contributed by atoms with Gasteiger partial charge in [-0.25, -0.2) is 4.39 Å². The third kappa shape index (κ3) is 5.97. The molecular formula is C23H22Br2FNO2. The zero-order valence-electron chi connectivity index (χ0n) is 16.3. The highest BCUT2D eigenvalue weighted by Crippen LogP contribution is 2.38. The van der Waals surface area contributed by atoms with Crippen LogP contribution >= 0.6 is 31.9 Å². The van der Waals surface area contributed by atoms with Crippen molar-refractivity contribution in [3.8, 4) is 11.5 Å². The molecule has 0 aromatic heterocycles. The van der Waals surface area contributed by atoms with E-state index in [1.165, 1.54) is 17.7 Å². The van der Waals surface area contributed by atoms with Crippen LogP contribution in [0.4, 0.5) is 10.1 Å². The molecule has 6 heteroatoms. The van der Waals surface area contributed by atoms with Crippen molar-refractivity contribution in [2.24, 2.45) is 0 Å². The molecule has 0 heterocycles. The van der Waals surface area contributed by atoms with Crippen LogP contribution in [-0.2, 0) is 13.2 Å². The molecule has 3 nitrogen and oxygen atoms in total. The topological polar surface area (TPSA) is 30.5 Å². The number of aryl methyl sites for hydroxylation is 1. The lowest BCUT2D eigenvalue weighted by Crippen LogP contribution is -2.04. The number of ether oxygens (including phenoxy) is 2. The van der Waals surface area contributed by atoms with Gasteiger partial charge in [0.05, 0.1) is 11.1 Å². The summed E-state index contributed by atoms with van der Waals surface area (Å²) in [6.45, 7) is 5.52. The summed E-state index contributed by atoms with van der Waals surface area (Å²) in [5.41, 5.74) is 4.20. The van der Waals surface area contributed by atoms with Crippen LogP contribution in [0.3, 0.4) is 0 Å². The first-order valence-corrected chi connectivity index (χ1v) is 10.9. The summed E-state index contributed by atoms with van der Waals surface area (Å²) in [5, 5.41) is 3.46. The fourth-order valence-corrected chi connectivity index (χ4v) is 3.96. The number of nitrogens with one attached hydrogen (secondary N) is 1. The number of rotatable bonds is 8. The van der Waals surface area contributed by atoms with Crippen molar-refractivity contribution in [2.45, 2.75) is 27.0 Å². The van der Waals surface area contributed by atoms with Crippen molar-refractivity contribution in [3.63, 3.8) is 0 Å². The van der Waals surface area contributed by atoms with Crippen LogP contribution in [0.2, 0.25) is 0 Å². The molecule has 0 amide bonds. The largest absolute Gasteiger partial charge is 0.490 e. The fourth-order valence-electron chi connectivity index (χ4n) is 2.89. The molecule has 1 N–H and O–H groups in total. The van der Waals surface area contributed by atoms with E-state index in [0.29, 0.717) is 31.3 Å². The van der Waals surface area contributed by atoms with Crippen molar-refractivity contribution in [3.05, 3.63) is 86.1 Å². The number of hydrogen-bond donors (Lipinski definition) is 1. The van der Waals surface area contributed by atoms with E-state index >= 15 is 0 Å². The van der Waals surface area contributed by atoms with E-state index in [1.807, 2.05) is 25.1 Å². The van der Waals surface area contributed by atoms with Gasteiger partial charge < -0.3 is 14.8 Å². The maximum atomic E-state index is 13.1. The van der Waals surface area contributed by atoms with Crippen molar-refractivity contribution < 1.29 is 13.9 Å². The molecule has 0 aliphatic heterocycles. The Morgan fingerprint density at radius 3 is 2.38 bits per heavy atom. The average Bonchev–Trinajstić information content (AvgIpc) is 2.68. The summed E-state index contributed by atoms with van der Waals surface area (Å²) in [7, 11) is 0. The van der Waals surface area contributed by atoms with E-state index in [4.69, 9.17) is 9.47 Å². The molecule has 0 radical (unpaired) electrons. The lowest BCUT2D eigenvalue weighted by molar-refractivity contribution is 0.267. The van der Waals surface area contributed by atoms with Gasteiger partial charge in [0.2, 0.25) is 0 Å². The summed E-state index contributed by atoms with van der Waals surface area (Å²) < 4.78 is 26.7. The Kier molecular flexibility index (Phi) is 7.56. The lowest BCUT2D eigenvalue weighted by Gasteiger charge is -2.16. The number of benzene rings is 3. The molecule has 0 spiro atoms. The van der Waals surface area contributed by atoms with Gasteiger partial charge in [0, 0.05) is 16.7 Å². The van der Waals surface area contributed by atoms with Gasteiger partial charge in [-0.05, 0) is 88.9 Å². The number of hydrogen-bond acceptors (Lipinski definition) is 3. The monoisotopic (exact) mass is 521 g/mol. The molecule has 0 saturated carbocycles. The fraction of sp³-hybridized carbons (Fsp3) is 0.217. The molecule has 0 aliphatic rings. The summed E-state index contributed by atoms with van der Waals surface area (Å²) in [5.74, 6) is 1.05. The second-order valence-electron chi connectivity index (χ2n) is 6.57. The van der Waals surface area contributed by atoms with Crippen molar-refractivity contribution in [1.29, 1.82) is 0 Å². The Morgan fingerprint density at radius 1 is 0.931 bits per heavy atom. The molecule has 152 valence electrons. The van der Waals surface area contributed by atoms with E-state index in [-0.39, 0.29) is 5.82 Å². The molecule has 0 aliphatic carbocycles. The minimum absolute atomic E-state index is 0.261. The van der Waals surface area contributed by atoms with E-state index in [2.05, 4.69) is 56.2 Å². The third-order valence-corrected chi connectivity index (χ3v) is 5.42. The molecular weight excluding hydrogens is 501 g/mol. The molecule has 3 aromatic rings. The van der Waals surface area contributed by atoms with Crippen LogP contribution in [0.1, 0.15) is 23.6 Å². The molecule has 3 rings (SSSR count).